The minimum atomic E-state index is -0.784. The molecule has 4 atom stereocenters. The molecule has 1 aromatic carbocycles. The van der Waals surface area contributed by atoms with Crippen LogP contribution in [0.25, 0.3) is 0 Å². The Kier molecular flexibility index (Phi) is 6.29. The number of pyridine rings is 1. The number of aliphatic hydroxyl groups excluding tert-OH is 1. The first-order chi connectivity index (χ1) is 14.5. The van der Waals surface area contributed by atoms with Crippen LogP contribution in [0.2, 0.25) is 0 Å². The van der Waals surface area contributed by atoms with E-state index in [9.17, 15) is 14.3 Å². The number of piperidine rings is 1. The van der Waals surface area contributed by atoms with E-state index in [4.69, 9.17) is 4.74 Å². The number of benzene rings is 1. The van der Waals surface area contributed by atoms with E-state index in [1.54, 1.807) is 30.5 Å². The van der Waals surface area contributed by atoms with Gasteiger partial charge in [0.2, 0.25) is 0 Å². The van der Waals surface area contributed by atoms with Crippen molar-refractivity contribution in [3.63, 3.8) is 0 Å². The topological polar surface area (TPSA) is 74.7 Å². The first kappa shape index (κ1) is 20.8. The minimum Gasteiger partial charge on any atom is -0.487 e. The third-order valence-electron chi connectivity index (χ3n) is 6.02. The van der Waals surface area contributed by atoms with Crippen molar-refractivity contribution in [1.29, 1.82) is 0 Å². The van der Waals surface area contributed by atoms with Crippen LogP contribution in [0.15, 0.2) is 42.6 Å². The Balaban J connectivity index is 1.52. The summed E-state index contributed by atoms with van der Waals surface area (Å²) in [4.78, 5) is 19.3. The van der Waals surface area contributed by atoms with Gasteiger partial charge in [-0.15, -0.1) is 0 Å². The number of aryl methyl sites for hydroxylation is 1. The molecule has 0 bridgehead atoms. The maximum absolute atomic E-state index is 13.6. The zero-order valence-corrected chi connectivity index (χ0v) is 17.1. The molecule has 2 aliphatic rings. The summed E-state index contributed by atoms with van der Waals surface area (Å²) in [6.45, 7) is 3.63. The fraction of sp³-hybridized carbons (Fsp3) is 0.478. The Hall–Kier alpha value is -2.51. The van der Waals surface area contributed by atoms with Crippen LogP contribution in [0.4, 0.5) is 4.39 Å². The second kappa shape index (κ2) is 9.10. The number of nitrogens with zero attached hydrogens (tertiary/aromatic N) is 2. The summed E-state index contributed by atoms with van der Waals surface area (Å²) in [6.07, 6.45) is 4.01. The summed E-state index contributed by atoms with van der Waals surface area (Å²) in [6, 6.07) is 8.96. The van der Waals surface area contributed by atoms with Crippen molar-refractivity contribution >= 4 is 5.91 Å². The molecule has 6 nitrogen and oxygen atoms in total. The third-order valence-corrected chi connectivity index (χ3v) is 6.02. The van der Waals surface area contributed by atoms with Crippen molar-refractivity contribution in [3.05, 3.63) is 59.7 Å². The van der Waals surface area contributed by atoms with Crippen LogP contribution in [0.3, 0.4) is 0 Å². The molecule has 30 heavy (non-hydrogen) atoms. The number of rotatable bonds is 5. The monoisotopic (exact) mass is 413 g/mol. The van der Waals surface area contributed by atoms with E-state index in [1.807, 2.05) is 6.92 Å². The molecule has 2 aromatic rings. The molecule has 1 saturated carbocycles. The molecule has 1 saturated heterocycles. The highest BCUT2D eigenvalue weighted by molar-refractivity contribution is 5.94. The van der Waals surface area contributed by atoms with Crippen molar-refractivity contribution < 1.29 is 19.0 Å². The maximum Gasteiger partial charge on any atom is 0.253 e. The zero-order valence-electron chi connectivity index (χ0n) is 17.1. The van der Waals surface area contributed by atoms with Crippen molar-refractivity contribution in [1.82, 2.24) is 15.2 Å². The second-order valence-electron chi connectivity index (χ2n) is 8.20. The smallest absolute Gasteiger partial charge is 0.253 e. The molecule has 2 fully saturated rings. The third kappa shape index (κ3) is 4.63. The zero-order chi connectivity index (χ0) is 21.1. The van der Waals surface area contributed by atoms with Crippen molar-refractivity contribution in [2.75, 3.05) is 13.1 Å². The van der Waals surface area contributed by atoms with Gasteiger partial charge in [-0.3, -0.25) is 14.7 Å². The summed E-state index contributed by atoms with van der Waals surface area (Å²) in [5.41, 5.74) is 1.33. The Bertz CT molecular complexity index is 870. The molecular weight excluding hydrogens is 385 g/mol. The lowest BCUT2D eigenvalue weighted by Crippen LogP contribution is -2.54. The predicted octanol–water partition coefficient (Wildman–Crippen LogP) is 2.69. The summed E-state index contributed by atoms with van der Waals surface area (Å²) < 4.78 is 19.5. The quantitative estimate of drug-likeness (QED) is 0.788. The minimum absolute atomic E-state index is 0.215. The molecule has 1 aliphatic carbocycles. The fourth-order valence-corrected chi connectivity index (χ4v) is 4.51. The number of carbonyl (C=O) groups is 1. The average molecular weight is 413 g/mol. The standard InChI is InChI=1S/C23H28FN3O3/c1-15-8-9-16(14-25-15)23(29)26-19-13-20(30-18-7-5-6-17(24)12-18)22(28)21(19)27-10-3-2-4-11-27/h5-9,12,14,19-22,28H,2-4,10-11,13H2,1H3,(H,26,29)/t19-,20-,21+,22+/m1/s1. The van der Waals surface area contributed by atoms with Gasteiger partial charge in [0.15, 0.2) is 0 Å². The van der Waals surface area contributed by atoms with Gasteiger partial charge >= 0.3 is 0 Å². The van der Waals surface area contributed by atoms with Crippen molar-refractivity contribution in [3.8, 4) is 5.75 Å². The maximum atomic E-state index is 13.6. The fourth-order valence-electron chi connectivity index (χ4n) is 4.51. The van der Waals surface area contributed by atoms with E-state index in [1.165, 1.54) is 18.6 Å². The molecule has 2 N–H and O–H groups in total. The number of likely N-dealkylation sites (tertiary alicyclic amines) is 1. The van der Waals surface area contributed by atoms with Gasteiger partial charge in [0.05, 0.1) is 17.6 Å². The van der Waals surface area contributed by atoms with Gasteiger partial charge in [-0.05, 0) is 57.1 Å². The Morgan fingerprint density at radius 2 is 2.03 bits per heavy atom. The molecular formula is C23H28FN3O3. The van der Waals surface area contributed by atoms with Gasteiger partial charge in [-0.25, -0.2) is 4.39 Å². The average Bonchev–Trinajstić information content (AvgIpc) is 3.03. The summed E-state index contributed by atoms with van der Waals surface area (Å²) in [7, 11) is 0. The lowest BCUT2D eigenvalue weighted by molar-refractivity contribution is 0.00137. The number of carbonyl (C=O) groups excluding carboxylic acids is 1. The lowest BCUT2D eigenvalue weighted by Gasteiger charge is -2.37. The molecule has 1 amide bonds. The number of aliphatic hydroxyl groups is 1. The van der Waals surface area contributed by atoms with Crippen LogP contribution in [0.1, 0.15) is 41.7 Å². The largest absolute Gasteiger partial charge is 0.487 e. The highest BCUT2D eigenvalue weighted by Crippen LogP contribution is 2.31. The van der Waals surface area contributed by atoms with Crippen molar-refractivity contribution in [2.24, 2.45) is 0 Å². The van der Waals surface area contributed by atoms with E-state index in [-0.39, 0.29) is 23.8 Å². The van der Waals surface area contributed by atoms with Gasteiger partial charge in [-0.2, -0.15) is 0 Å². The first-order valence-electron chi connectivity index (χ1n) is 10.6. The summed E-state index contributed by atoms with van der Waals surface area (Å²) >= 11 is 0. The van der Waals surface area contributed by atoms with Crippen molar-refractivity contribution in [2.45, 2.75) is 56.9 Å². The first-order valence-corrected chi connectivity index (χ1v) is 10.6. The molecule has 4 rings (SSSR count). The highest BCUT2D eigenvalue weighted by atomic mass is 19.1. The second-order valence-corrected chi connectivity index (χ2v) is 8.20. The van der Waals surface area contributed by atoms with Gasteiger partial charge in [0.25, 0.3) is 5.91 Å². The van der Waals surface area contributed by atoms with Gasteiger partial charge in [0.1, 0.15) is 23.8 Å². The molecule has 0 spiro atoms. The number of hydrogen-bond donors (Lipinski definition) is 2. The molecule has 1 aromatic heterocycles. The Labute approximate surface area is 176 Å². The molecule has 160 valence electrons. The molecule has 7 heteroatoms. The predicted molar refractivity (Wildman–Crippen MR) is 111 cm³/mol. The Morgan fingerprint density at radius 1 is 1.23 bits per heavy atom. The summed E-state index contributed by atoms with van der Waals surface area (Å²) in [5.74, 6) is -0.219. The number of halogens is 1. The van der Waals surface area contributed by atoms with Crippen LogP contribution >= 0.6 is 0 Å². The van der Waals surface area contributed by atoms with Gasteiger partial charge < -0.3 is 15.2 Å². The molecule has 2 heterocycles. The molecule has 0 radical (unpaired) electrons. The van der Waals surface area contributed by atoms with E-state index in [0.29, 0.717) is 17.7 Å². The van der Waals surface area contributed by atoms with Crippen LogP contribution in [-0.2, 0) is 0 Å². The number of aromatic nitrogens is 1. The molecule has 0 unspecified atom stereocenters. The number of ether oxygens (including phenoxy) is 1. The van der Waals surface area contributed by atoms with Crippen LogP contribution in [0.5, 0.6) is 5.75 Å². The summed E-state index contributed by atoms with van der Waals surface area (Å²) in [5, 5.41) is 14.2. The van der Waals surface area contributed by atoms with E-state index in [2.05, 4.69) is 15.2 Å². The lowest BCUT2D eigenvalue weighted by atomic mass is 10.0. The van der Waals surface area contributed by atoms with E-state index >= 15 is 0 Å². The Morgan fingerprint density at radius 3 is 2.73 bits per heavy atom. The number of hydrogen-bond acceptors (Lipinski definition) is 5. The number of amides is 1. The molecule has 1 aliphatic heterocycles. The van der Waals surface area contributed by atoms with Crippen LogP contribution in [0, 0.1) is 12.7 Å². The van der Waals surface area contributed by atoms with E-state index in [0.717, 1.165) is 31.6 Å². The van der Waals surface area contributed by atoms with Gasteiger partial charge in [-0.1, -0.05) is 12.5 Å². The van der Waals surface area contributed by atoms with Crippen LogP contribution < -0.4 is 10.1 Å². The highest BCUT2D eigenvalue weighted by Gasteiger charge is 2.47. The normalized spacial score (nSPS) is 27.0. The van der Waals surface area contributed by atoms with E-state index < -0.39 is 12.2 Å². The van der Waals surface area contributed by atoms with Gasteiger partial charge in [0, 0.05) is 24.4 Å². The van der Waals surface area contributed by atoms with Crippen LogP contribution in [-0.4, -0.2) is 58.3 Å². The number of nitrogens with one attached hydrogen (secondary N) is 1. The SMILES string of the molecule is Cc1ccc(C(=O)N[C@@H]2C[C@@H](Oc3cccc(F)c3)[C@H](O)[C@H]2N2CCCCC2)cn1.